The number of hydrogen-bond donors (Lipinski definition) is 0. The molecule has 0 aliphatic carbocycles. The molecule has 0 spiro atoms. The number of esters is 1. The van der Waals surface area contributed by atoms with E-state index in [1.54, 1.807) is 25.1 Å². The first-order valence-corrected chi connectivity index (χ1v) is 7.88. The summed E-state index contributed by atoms with van der Waals surface area (Å²) in [4.78, 5) is 12.1. The molecule has 0 aliphatic rings. The molecule has 0 N–H and O–H groups in total. The lowest BCUT2D eigenvalue weighted by Crippen LogP contribution is -2.09. The van der Waals surface area contributed by atoms with E-state index in [9.17, 15) is 9.18 Å². The van der Waals surface area contributed by atoms with Gasteiger partial charge in [-0.25, -0.2) is 9.18 Å². The summed E-state index contributed by atoms with van der Waals surface area (Å²) in [7, 11) is 0. The maximum absolute atomic E-state index is 12.9. The van der Waals surface area contributed by atoms with Crippen molar-refractivity contribution in [2.75, 3.05) is 0 Å². The molecule has 0 radical (unpaired) electrons. The Balaban J connectivity index is 1.73. The van der Waals surface area contributed by atoms with Crippen LogP contribution in [0.2, 0.25) is 0 Å². The van der Waals surface area contributed by atoms with E-state index in [2.05, 4.69) is 26.1 Å². The van der Waals surface area contributed by atoms with Crippen molar-refractivity contribution in [1.82, 2.24) is 10.2 Å². The van der Waals surface area contributed by atoms with Gasteiger partial charge < -0.3 is 9.15 Å². The molecule has 0 fully saturated rings. The highest BCUT2D eigenvalue weighted by Gasteiger charge is 2.20. The smallest absolute Gasteiger partial charge is 0.338 e. The average Bonchev–Trinajstić information content (AvgIpc) is 3.05. The van der Waals surface area contributed by atoms with Gasteiger partial charge in [-0.05, 0) is 49.4 Å². The number of aromatic nitrogens is 2. The van der Waals surface area contributed by atoms with Crippen molar-refractivity contribution < 1.29 is 18.3 Å². The molecule has 1 heterocycles. The molecule has 2 aromatic carbocycles. The zero-order valence-corrected chi connectivity index (χ0v) is 14.2. The number of benzene rings is 2. The topological polar surface area (TPSA) is 65.2 Å². The molecule has 3 aromatic rings. The highest BCUT2D eigenvalue weighted by molar-refractivity contribution is 9.10. The predicted octanol–water partition coefficient (Wildman–Crippen LogP) is 4.56. The van der Waals surface area contributed by atoms with Gasteiger partial charge in [0.1, 0.15) is 5.82 Å². The summed E-state index contributed by atoms with van der Waals surface area (Å²) in [6.45, 7) is 1.64. The van der Waals surface area contributed by atoms with E-state index >= 15 is 0 Å². The summed E-state index contributed by atoms with van der Waals surface area (Å²) in [6.07, 6.45) is -0.710. The molecule has 0 saturated heterocycles. The van der Waals surface area contributed by atoms with Gasteiger partial charge in [-0.3, -0.25) is 0 Å². The number of rotatable bonds is 4. The van der Waals surface area contributed by atoms with Crippen molar-refractivity contribution >= 4 is 21.9 Å². The van der Waals surface area contributed by atoms with Gasteiger partial charge >= 0.3 is 5.97 Å². The molecule has 3 rings (SSSR count). The Morgan fingerprint density at radius 3 is 2.67 bits per heavy atom. The van der Waals surface area contributed by atoms with E-state index in [0.29, 0.717) is 11.1 Å². The fourth-order valence-corrected chi connectivity index (χ4v) is 2.40. The molecular formula is C17H12BrFN2O3. The molecule has 0 unspecified atom stereocenters. The first-order chi connectivity index (χ1) is 11.5. The lowest BCUT2D eigenvalue weighted by Gasteiger charge is -2.09. The number of hydrogen-bond acceptors (Lipinski definition) is 5. The van der Waals surface area contributed by atoms with Gasteiger partial charge in [-0.2, -0.15) is 0 Å². The molecule has 0 amide bonds. The normalized spacial score (nSPS) is 12.0. The van der Waals surface area contributed by atoms with Crippen LogP contribution in [-0.2, 0) is 4.74 Å². The van der Waals surface area contributed by atoms with Crippen LogP contribution in [-0.4, -0.2) is 16.2 Å². The van der Waals surface area contributed by atoms with Crippen LogP contribution in [0.25, 0.3) is 11.5 Å². The summed E-state index contributed by atoms with van der Waals surface area (Å²) >= 11 is 3.30. The lowest BCUT2D eigenvalue weighted by molar-refractivity contribution is 0.0280. The van der Waals surface area contributed by atoms with E-state index in [-0.39, 0.29) is 17.6 Å². The molecule has 0 aliphatic heterocycles. The molecule has 1 atom stereocenters. The maximum Gasteiger partial charge on any atom is 0.338 e. The SMILES string of the molecule is C[C@@H](OC(=O)c1cccc(Br)c1)c1nnc(-c2ccc(F)cc2)o1. The third-order valence-electron chi connectivity index (χ3n) is 3.22. The molecule has 24 heavy (non-hydrogen) atoms. The predicted molar refractivity (Wildman–Crippen MR) is 87.7 cm³/mol. The summed E-state index contributed by atoms with van der Waals surface area (Å²) in [5.41, 5.74) is 0.996. The molecule has 0 saturated carbocycles. The van der Waals surface area contributed by atoms with Gasteiger partial charge in [0.15, 0.2) is 6.10 Å². The van der Waals surface area contributed by atoms with Crippen LogP contribution in [0, 0.1) is 5.82 Å². The third kappa shape index (κ3) is 3.68. The highest BCUT2D eigenvalue weighted by Crippen LogP contribution is 2.23. The largest absolute Gasteiger partial charge is 0.449 e. The zero-order valence-electron chi connectivity index (χ0n) is 12.6. The van der Waals surface area contributed by atoms with Crippen LogP contribution >= 0.6 is 15.9 Å². The minimum absolute atomic E-state index is 0.165. The Morgan fingerprint density at radius 1 is 1.21 bits per heavy atom. The second-order valence-electron chi connectivity index (χ2n) is 5.01. The molecule has 122 valence electrons. The van der Waals surface area contributed by atoms with Crippen LogP contribution in [0.5, 0.6) is 0 Å². The van der Waals surface area contributed by atoms with Crippen LogP contribution in [0.4, 0.5) is 4.39 Å². The Morgan fingerprint density at radius 2 is 1.96 bits per heavy atom. The van der Waals surface area contributed by atoms with Gasteiger partial charge in [-0.15, -0.1) is 10.2 Å². The standard InChI is InChI=1S/C17H12BrFN2O3/c1-10(23-17(22)12-3-2-4-13(18)9-12)15-20-21-16(24-15)11-5-7-14(19)8-6-11/h2-10H,1H3/t10-/m1/s1. The van der Waals surface area contributed by atoms with Gasteiger partial charge in [0.25, 0.3) is 5.89 Å². The Labute approximate surface area is 145 Å². The Hall–Kier alpha value is -2.54. The van der Waals surface area contributed by atoms with Crippen LogP contribution < -0.4 is 0 Å². The minimum Gasteiger partial charge on any atom is -0.449 e. The number of ether oxygens (including phenoxy) is 1. The molecule has 7 heteroatoms. The summed E-state index contributed by atoms with van der Waals surface area (Å²) < 4.78 is 24.6. The molecule has 1 aromatic heterocycles. The van der Waals surface area contributed by atoms with Gasteiger partial charge in [0.05, 0.1) is 5.56 Å². The fourth-order valence-electron chi connectivity index (χ4n) is 2.00. The first-order valence-electron chi connectivity index (χ1n) is 7.09. The second-order valence-corrected chi connectivity index (χ2v) is 5.93. The van der Waals surface area contributed by atoms with E-state index in [1.807, 2.05) is 6.07 Å². The lowest BCUT2D eigenvalue weighted by atomic mass is 10.2. The van der Waals surface area contributed by atoms with Crippen LogP contribution in [0.1, 0.15) is 29.3 Å². The number of carbonyl (C=O) groups is 1. The molecule has 5 nitrogen and oxygen atoms in total. The minimum atomic E-state index is -0.710. The Bertz CT molecular complexity index is 864. The third-order valence-corrected chi connectivity index (χ3v) is 3.72. The van der Waals surface area contributed by atoms with Crippen molar-refractivity contribution in [2.45, 2.75) is 13.0 Å². The van der Waals surface area contributed by atoms with Crippen molar-refractivity contribution in [2.24, 2.45) is 0 Å². The maximum atomic E-state index is 12.9. The van der Waals surface area contributed by atoms with Crippen LogP contribution in [0.15, 0.2) is 57.4 Å². The zero-order chi connectivity index (χ0) is 17.1. The number of nitrogens with zero attached hydrogens (tertiary/aromatic N) is 2. The second kappa shape index (κ2) is 6.92. The number of carbonyl (C=O) groups excluding carboxylic acids is 1. The summed E-state index contributed by atoms with van der Waals surface area (Å²) in [5, 5.41) is 7.78. The highest BCUT2D eigenvalue weighted by atomic mass is 79.9. The van der Waals surface area contributed by atoms with Crippen molar-refractivity contribution in [3.05, 3.63) is 70.3 Å². The van der Waals surface area contributed by atoms with E-state index in [0.717, 1.165) is 4.47 Å². The first kappa shape index (κ1) is 16.3. The monoisotopic (exact) mass is 390 g/mol. The van der Waals surface area contributed by atoms with Gasteiger partial charge in [0, 0.05) is 10.0 Å². The molecule has 0 bridgehead atoms. The summed E-state index contributed by atoms with van der Waals surface area (Å²) in [6, 6.07) is 12.5. The van der Waals surface area contributed by atoms with Crippen molar-refractivity contribution in [1.29, 1.82) is 0 Å². The quantitative estimate of drug-likeness (QED) is 0.611. The van der Waals surface area contributed by atoms with Crippen molar-refractivity contribution in [3.8, 4) is 11.5 Å². The average molecular weight is 391 g/mol. The fraction of sp³-hybridized carbons (Fsp3) is 0.118. The van der Waals surface area contributed by atoms with E-state index in [1.165, 1.54) is 24.3 Å². The Kier molecular flexibility index (Phi) is 4.71. The van der Waals surface area contributed by atoms with Crippen LogP contribution in [0.3, 0.4) is 0 Å². The van der Waals surface area contributed by atoms with Gasteiger partial charge in [-0.1, -0.05) is 22.0 Å². The van der Waals surface area contributed by atoms with E-state index in [4.69, 9.17) is 9.15 Å². The molecular weight excluding hydrogens is 379 g/mol. The van der Waals surface area contributed by atoms with Crippen molar-refractivity contribution in [3.63, 3.8) is 0 Å². The summed E-state index contributed by atoms with van der Waals surface area (Å²) in [5.74, 6) is -0.451. The number of halogens is 2. The van der Waals surface area contributed by atoms with E-state index < -0.39 is 12.1 Å². The van der Waals surface area contributed by atoms with Gasteiger partial charge in [0.2, 0.25) is 5.89 Å².